The van der Waals surface area contributed by atoms with Crippen LogP contribution >= 0.6 is 11.8 Å². The number of hydrogen-bond donors (Lipinski definition) is 0. The first-order chi connectivity index (χ1) is 7.93. The standard InChI is InChI=1S/C12H17NO2S2/c1-9-6-10(2)12(11(3)7-9)17(14,15)13-4-5-16-8-13/h6-7H,4-5,8H2,1-3H3. The third-order valence-corrected chi connectivity index (χ3v) is 6.20. The summed E-state index contributed by atoms with van der Waals surface area (Å²) in [4.78, 5) is 0.491. The van der Waals surface area contributed by atoms with Gasteiger partial charge in [0.05, 0.1) is 10.8 Å². The van der Waals surface area contributed by atoms with Gasteiger partial charge in [0.25, 0.3) is 0 Å². The van der Waals surface area contributed by atoms with Crippen molar-refractivity contribution in [1.82, 2.24) is 4.31 Å². The second-order valence-corrected chi connectivity index (χ2v) is 7.40. The summed E-state index contributed by atoms with van der Waals surface area (Å²) in [6.45, 7) is 6.36. The molecule has 0 spiro atoms. The molecular formula is C12H17NO2S2. The Kier molecular flexibility index (Phi) is 3.52. The number of hydrogen-bond acceptors (Lipinski definition) is 3. The third-order valence-electron chi connectivity index (χ3n) is 2.92. The Morgan fingerprint density at radius 2 is 1.76 bits per heavy atom. The Morgan fingerprint density at radius 3 is 2.24 bits per heavy atom. The van der Waals surface area contributed by atoms with E-state index in [-0.39, 0.29) is 0 Å². The maximum Gasteiger partial charge on any atom is 0.244 e. The van der Waals surface area contributed by atoms with Crippen LogP contribution in [0.4, 0.5) is 0 Å². The predicted molar refractivity (Wildman–Crippen MR) is 71.9 cm³/mol. The summed E-state index contributed by atoms with van der Waals surface area (Å²) in [7, 11) is -3.30. The van der Waals surface area contributed by atoms with Gasteiger partial charge in [0.15, 0.2) is 0 Å². The number of benzene rings is 1. The van der Waals surface area contributed by atoms with Crippen molar-refractivity contribution in [3.63, 3.8) is 0 Å². The first kappa shape index (κ1) is 12.9. The molecule has 0 atom stereocenters. The van der Waals surface area contributed by atoms with E-state index in [9.17, 15) is 8.42 Å². The van der Waals surface area contributed by atoms with E-state index in [1.165, 1.54) is 0 Å². The van der Waals surface area contributed by atoms with E-state index in [4.69, 9.17) is 0 Å². The molecule has 1 heterocycles. The fourth-order valence-electron chi connectivity index (χ4n) is 2.29. The topological polar surface area (TPSA) is 37.4 Å². The molecule has 0 aromatic heterocycles. The van der Waals surface area contributed by atoms with E-state index in [0.29, 0.717) is 17.3 Å². The van der Waals surface area contributed by atoms with Crippen molar-refractivity contribution in [1.29, 1.82) is 0 Å². The second-order valence-electron chi connectivity index (χ2n) is 4.45. The SMILES string of the molecule is Cc1cc(C)c(S(=O)(=O)N2CCSC2)c(C)c1. The molecule has 0 N–H and O–H groups in total. The van der Waals surface area contributed by atoms with Crippen LogP contribution in [-0.2, 0) is 10.0 Å². The Balaban J connectivity index is 2.53. The van der Waals surface area contributed by atoms with Gasteiger partial charge in [0.2, 0.25) is 10.0 Å². The average molecular weight is 271 g/mol. The van der Waals surface area contributed by atoms with Crippen molar-refractivity contribution in [3.05, 3.63) is 28.8 Å². The molecule has 0 aliphatic carbocycles. The highest BCUT2D eigenvalue weighted by molar-refractivity contribution is 8.00. The van der Waals surface area contributed by atoms with Crippen LogP contribution in [0.3, 0.4) is 0 Å². The smallest absolute Gasteiger partial charge is 0.207 e. The van der Waals surface area contributed by atoms with Gasteiger partial charge in [-0.05, 0) is 31.9 Å². The molecule has 1 saturated heterocycles. The Labute approximate surface area is 107 Å². The van der Waals surface area contributed by atoms with Crippen LogP contribution < -0.4 is 0 Å². The lowest BCUT2D eigenvalue weighted by Crippen LogP contribution is -2.29. The maximum absolute atomic E-state index is 12.5. The minimum Gasteiger partial charge on any atom is -0.207 e. The summed E-state index contributed by atoms with van der Waals surface area (Å²) in [6, 6.07) is 3.87. The highest BCUT2D eigenvalue weighted by atomic mass is 32.2. The van der Waals surface area contributed by atoms with Crippen LogP contribution in [0.2, 0.25) is 0 Å². The van der Waals surface area contributed by atoms with Crippen LogP contribution in [0, 0.1) is 20.8 Å². The molecule has 3 nitrogen and oxygen atoms in total. The van der Waals surface area contributed by atoms with Crippen molar-refractivity contribution in [2.45, 2.75) is 25.7 Å². The number of aryl methyl sites for hydroxylation is 3. The first-order valence-electron chi connectivity index (χ1n) is 5.58. The van der Waals surface area contributed by atoms with Gasteiger partial charge < -0.3 is 0 Å². The zero-order chi connectivity index (χ0) is 12.6. The van der Waals surface area contributed by atoms with Crippen molar-refractivity contribution in [2.24, 2.45) is 0 Å². The van der Waals surface area contributed by atoms with Gasteiger partial charge >= 0.3 is 0 Å². The number of nitrogens with zero attached hydrogens (tertiary/aromatic N) is 1. The van der Waals surface area contributed by atoms with E-state index < -0.39 is 10.0 Å². The third kappa shape index (κ3) is 2.37. The number of rotatable bonds is 2. The maximum atomic E-state index is 12.5. The number of sulfonamides is 1. The molecule has 1 aliphatic rings. The monoisotopic (exact) mass is 271 g/mol. The molecule has 1 aromatic carbocycles. The summed E-state index contributed by atoms with van der Waals surface area (Å²) >= 11 is 1.67. The summed E-state index contributed by atoms with van der Waals surface area (Å²) in [6.07, 6.45) is 0. The normalized spacial score (nSPS) is 17.6. The van der Waals surface area contributed by atoms with E-state index in [0.717, 1.165) is 22.4 Å². The molecule has 1 aromatic rings. The fourth-order valence-corrected chi connectivity index (χ4v) is 5.52. The van der Waals surface area contributed by atoms with Crippen molar-refractivity contribution >= 4 is 21.8 Å². The lowest BCUT2D eigenvalue weighted by Gasteiger charge is -2.18. The highest BCUT2D eigenvalue weighted by Crippen LogP contribution is 2.28. The fraction of sp³-hybridized carbons (Fsp3) is 0.500. The summed E-state index contributed by atoms with van der Waals surface area (Å²) < 4.78 is 26.6. The van der Waals surface area contributed by atoms with Crippen LogP contribution in [0.15, 0.2) is 17.0 Å². The molecule has 0 saturated carbocycles. The summed E-state index contributed by atoms with van der Waals surface area (Å²) in [5.74, 6) is 1.47. The lowest BCUT2D eigenvalue weighted by molar-refractivity contribution is 0.488. The van der Waals surface area contributed by atoms with Gasteiger partial charge in [0, 0.05) is 12.3 Å². The Bertz CT molecular complexity index is 508. The molecule has 2 rings (SSSR count). The van der Waals surface area contributed by atoms with Gasteiger partial charge in [-0.3, -0.25) is 0 Å². The molecular weight excluding hydrogens is 254 g/mol. The van der Waals surface area contributed by atoms with E-state index in [1.54, 1.807) is 16.1 Å². The van der Waals surface area contributed by atoms with E-state index in [2.05, 4.69) is 0 Å². The molecule has 0 radical (unpaired) electrons. The molecule has 0 bridgehead atoms. The van der Waals surface area contributed by atoms with Gasteiger partial charge in [0.1, 0.15) is 0 Å². The van der Waals surface area contributed by atoms with Crippen LogP contribution in [0.25, 0.3) is 0 Å². The highest BCUT2D eigenvalue weighted by Gasteiger charge is 2.30. The van der Waals surface area contributed by atoms with Crippen molar-refractivity contribution in [2.75, 3.05) is 18.2 Å². The molecule has 5 heteroatoms. The van der Waals surface area contributed by atoms with Crippen LogP contribution in [0.1, 0.15) is 16.7 Å². The number of thioether (sulfide) groups is 1. The van der Waals surface area contributed by atoms with Gasteiger partial charge in [-0.15, -0.1) is 11.8 Å². The minimum absolute atomic E-state index is 0.491. The van der Waals surface area contributed by atoms with Crippen molar-refractivity contribution in [3.8, 4) is 0 Å². The molecule has 1 fully saturated rings. The van der Waals surface area contributed by atoms with Gasteiger partial charge in [-0.1, -0.05) is 17.7 Å². The largest absolute Gasteiger partial charge is 0.244 e. The van der Waals surface area contributed by atoms with E-state index in [1.807, 2.05) is 32.9 Å². The average Bonchev–Trinajstić information content (AvgIpc) is 2.67. The Morgan fingerprint density at radius 1 is 1.18 bits per heavy atom. The quantitative estimate of drug-likeness (QED) is 0.828. The zero-order valence-electron chi connectivity index (χ0n) is 10.4. The molecule has 0 amide bonds. The molecule has 94 valence electrons. The van der Waals surface area contributed by atoms with E-state index >= 15 is 0 Å². The van der Waals surface area contributed by atoms with Crippen LogP contribution in [-0.4, -0.2) is 30.9 Å². The second kappa shape index (κ2) is 4.63. The van der Waals surface area contributed by atoms with Crippen LogP contribution in [0.5, 0.6) is 0 Å². The zero-order valence-corrected chi connectivity index (χ0v) is 12.0. The van der Waals surface area contributed by atoms with Crippen molar-refractivity contribution < 1.29 is 8.42 Å². The van der Waals surface area contributed by atoms with Gasteiger partial charge in [-0.25, -0.2) is 8.42 Å². The molecule has 17 heavy (non-hydrogen) atoms. The van der Waals surface area contributed by atoms with Gasteiger partial charge in [-0.2, -0.15) is 4.31 Å². The lowest BCUT2D eigenvalue weighted by atomic mass is 10.1. The summed E-state index contributed by atoms with van der Waals surface area (Å²) in [5, 5.41) is 0. The predicted octanol–water partition coefficient (Wildman–Crippen LogP) is 2.31. The Hall–Kier alpha value is -0.520. The molecule has 0 unspecified atom stereocenters. The summed E-state index contributed by atoms with van der Waals surface area (Å²) in [5.41, 5.74) is 2.80. The molecule has 1 aliphatic heterocycles. The minimum atomic E-state index is -3.30. The first-order valence-corrected chi connectivity index (χ1v) is 8.18.